The number of carbonyl (C=O) groups is 1. The summed E-state index contributed by atoms with van der Waals surface area (Å²) in [5, 5.41) is 8.40. The van der Waals surface area contributed by atoms with Crippen LogP contribution >= 0.6 is 23.5 Å². The van der Waals surface area contributed by atoms with Crippen molar-refractivity contribution in [1.82, 2.24) is 14.8 Å². The highest BCUT2D eigenvalue weighted by atomic mass is 32.2. The average Bonchev–Trinajstić information content (AvgIpc) is 3.20. The Morgan fingerprint density at radius 3 is 2.59 bits per heavy atom. The summed E-state index contributed by atoms with van der Waals surface area (Å²) in [5.74, 6) is 1.61. The fraction of sp³-hybridized carbons (Fsp3) is 0.350. The van der Waals surface area contributed by atoms with E-state index in [9.17, 15) is 4.79 Å². The second-order valence-electron chi connectivity index (χ2n) is 6.50. The normalized spacial score (nSPS) is 11.1. The van der Waals surface area contributed by atoms with Gasteiger partial charge >= 0.3 is 0 Å². The molecule has 2 heterocycles. The zero-order valence-corrected chi connectivity index (χ0v) is 17.8. The lowest BCUT2D eigenvalue weighted by atomic mass is 10.1. The molecular weight excluding hydrogens is 378 g/mol. The Hall–Kier alpha value is -1.99. The van der Waals surface area contributed by atoms with E-state index in [0.29, 0.717) is 16.9 Å². The Labute approximate surface area is 167 Å². The molecule has 0 aliphatic rings. The summed E-state index contributed by atoms with van der Waals surface area (Å²) in [6.07, 6.45) is 1.98. The highest BCUT2D eigenvalue weighted by Crippen LogP contribution is 2.25. The molecule has 0 fully saturated rings. The minimum Gasteiger partial charge on any atom is -0.415 e. The molecule has 0 bridgehead atoms. The number of aryl methyl sites for hydroxylation is 3. The molecule has 2 aromatic heterocycles. The van der Waals surface area contributed by atoms with Crippen molar-refractivity contribution in [1.29, 1.82) is 0 Å². The Balaban J connectivity index is 1.78. The lowest BCUT2D eigenvalue weighted by Crippen LogP contribution is -2.06. The molecule has 0 saturated heterocycles. The number of nitrogens with zero attached hydrogens (tertiary/aromatic N) is 3. The van der Waals surface area contributed by atoms with E-state index in [1.165, 1.54) is 22.9 Å². The van der Waals surface area contributed by atoms with E-state index >= 15 is 0 Å². The first-order valence-corrected chi connectivity index (χ1v) is 11.0. The molecule has 0 aliphatic carbocycles. The maximum atomic E-state index is 12.8. The third kappa shape index (κ3) is 4.30. The molecule has 5 nitrogen and oxygen atoms in total. The van der Waals surface area contributed by atoms with Gasteiger partial charge in [0.1, 0.15) is 0 Å². The fourth-order valence-corrected chi connectivity index (χ4v) is 4.02. The van der Waals surface area contributed by atoms with Crippen LogP contribution in [0, 0.1) is 27.7 Å². The first-order chi connectivity index (χ1) is 12.9. The van der Waals surface area contributed by atoms with Crippen molar-refractivity contribution < 1.29 is 9.21 Å². The van der Waals surface area contributed by atoms with Gasteiger partial charge in [0.25, 0.3) is 5.22 Å². The first kappa shape index (κ1) is 19.8. The van der Waals surface area contributed by atoms with Gasteiger partial charge < -0.3 is 8.98 Å². The van der Waals surface area contributed by atoms with E-state index in [2.05, 4.69) is 46.8 Å². The molecule has 0 amide bonds. The summed E-state index contributed by atoms with van der Waals surface area (Å²) < 4.78 is 7.66. The number of Topliss-reactive ketones (excluding diaryl/α,β-unsaturated/α-hetero) is 1. The van der Waals surface area contributed by atoms with Gasteiger partial charge in [-0.2, -0.15) is 11.8 Å². The van der Waals surface area contributed by atoms with Crippen LogP contribution in [0.2, 0.25) is 0 Å². The zero-order valence-electron chi connectivity index (χ0n) is 16.2. The number of rotatable bonds is 7. The number of hydrogen-bond acceptors (Lipinski definition) is 6. The van der Waals surface area contributed by atoms with Crippen LogP contribution in [0.1, 0.15) is 38.8 Å². The van der Waals surface area contributed by atoms with Crippen molar-refractivity contribution >= 4 is 29.3 Å². The Bertz CT molecular complexity index is 976. The standard InChI is InChI=1S/C20H23N3O2S2/c1-12-6-7-16(8-13(12)2)23-14(3)9-17(15(23)4)18(24)10-27-20-22-21-19(25-20)11-26-5/h6-9H,10-11H2,1-5H3. The topological polar surface area (TPSA) is 60.9 Å². The molecule has 0 radical (unpaired) electrons. The maximum absolute atomic E-state index is 12.8. The monoisotopic (exact) mass is 401 g/mol. The quantitative estimate of drug-likeness (QED) is 0.413. The van der Waals surface area contributed by atoms with Gasteiger partial charge in [-0.1, -0.05) is 17.8 Å². The Morgan fingerprint density at radius 1 is 1.11 bits per heavy atom. The molecule has 3 aromatic rings. The molecule has 0 atom stereocenters. The molecule has 0 spiro atoms. The molecule has 0 N–H and O–H groups in total. The summed E-state index contributed by atoms with van der Waals surface area (Å²) in [4.78, 5) is 12.8. The predicted molar refractivity (Wildman–Crippen MR) is 111 cm³/mol. The smallest absolute Gasteiger partial charge is 0.277 e. The summed E-state index contributed by atoms with van der Waals surface area (Å²) >= 11 is 2.91. The van der Waals surface area contributed by atoms with E-state index in [1.807, 2.05) is 26.2 Å². The lowest BCUT2D eigenvalue weighted by Gasteiger charge is -2.12. The van der Waals surface area contributed by atoms with Gasteiger partial charge in [-0.15, -0.1) is 10.2 Å². The molecule has 0 saturated carbocycles. The second-order valence-corrected chi connectivity index (χ2v) is 8.29. The summed E-state index contributed by atoms with van der Waals surface area (Å²) in [7, 11) is 0. The minimum absolute atomic E-state index is 0.0628. The minimum atomic E-state index is 0.0628. The van der Waals surface area contributed by atoms with Crippen LogP contribution < -0.4 is 0 Å². The number of benzene rings is 1. The van der Waals surface area contributed by atoms with Crippen molar-refractivity contribution in [3.05, 3.63) is 58.2 Å². The lowest BCUT2D eigenvalue weighted by molar-refractivity contribution is 0.102. The third-order valence-electron chi connectivity index (χ3n) is 4.52. The molecule has 7 heteroatoms. The van der Waals surface area contributed by atoms with Crippen molar-refractivity contribution in [3.63, 3.8) is 0 Å². The number of ketones is 1. The molecule has 3 rings (SSSR count). The summed E-state index contributed by atoms with van der Waals surface area (Å²) in [5.41, 5.74) is 6.31. The van der Waals surface area contributed by atoms with Crippen LogP contribution in [-0.2, 0) is 5.75 Å². The van der Waals surface area contributed by atoms with Crippen LogP contribution in [0.15, 0.2) is 33.9 Å². The van der Waals surface area contributed by atoms with Crippen LogP contribution in [0.5, 0.6) is 0 Å². The van der Waals surface area contributed by atoms with Crippen molar-refractivity contribution in [2.24, 2.45) is 0 Å². The van der Waals surface area contributed by atoms with Gasteiger partial charge in [0.2, 0.25) is 5.89 Å². The largest absolute Gasteiger partial charge is 0.415 e. The van der Waals surface area contributed by atoms with Gasteiger partial charge in [-0.05, 0) is 63.3 Å². The first-order valence-electron chi connectivity index (χ1n) is 8.64. The third-order valence-corrected chi connectivity index (χ3v) is 5.88. The SMILES string of the molecule is CSCc1nnc(SCC(=O)c2cc(C)n(-c3ccc(C)c(C)c3)c2C)o1. The highest BCUT2D eigenvalue weighted by molar-refractivity contribution is 7.99. The van der Waals surface area contributed by atoms with Gasteiger partial charge in [-0.25, -0.2) is 0 Å². The Kier molecular flexibility index (Phi) is 6.11. The number of thioether (sulfide) groups is 2. The van der Waals surface area contributed by atoms with Gasteiger partial charge in [0.15, 0.2) is 5.78 Å². The molecule has 142 valence electrons. The van der Waals surface area contributed by atoms with Crippen LogP contribution in [0.25, 0.3) is 5.69 Å². The second kappa shape index (κ2) is 8.35. The van der Waals surface area contributed by atoms with E-state index in [-0.39, 0.29) is 11.5 Å². The average molecular weight is 402 g/mol. The van der Waals surface area contributed by atoms with Gasteiger partial charge in [0.05, 0.1) is 11.5 Å². The van der Waals surface area contributed by atoms with E-state index in [1.54, 1.807) is 11.8 Å². The van der Waals surface area contributed by atoms with Crippen LogP contribution in [0.4, 0.5) is 0 Å². The number of aromatic nitrogens is 3. The van der Waals surface area contributed by atoms with Gasteiger partial charge in [-0.3, -0.25) is 4.79 Å². The summed E-state index contributed by atoms with van der Waals surface area (Å²) in [6.45, 7) is 8.22. The number of carbonyl (C=O) groups excluding carboxylic acids is 1. The van der Waals surface area contributed by atoms with Crippen LogP contribution in [0.3, 0.4) is 0 Å². The van der Waals surface area contributed by atoms with Crippen LogP contribution in [-0.4, -0.2) is 32.6 Å². The predicted octanol–water partition coefficient (Wildman–Crippen LogP) is 4.93. The molecular formula is C20H23N3O2S2. The molecule has 0 aliphatic heterocycles. The van der Waals surface area contributed by atoms with E-state index < -0.39 is 0 Å². The molecule has 1 aromatic carbocycles. The van der Waals surface area contributed by atoms with Crippen molar-refractivity contribution in [3.8, 4) is 5.69 Å². The zero-order chi connectivity index (χ0) is 19.6. The highest BCUT2D eigenvalue weighted by Gasteiger charge is 2.18. The molecule has 0 unspecified atom stereocenters. The van der Waals surface area contributed by atoms with E-state index in [0.717, 1.165) is 22.6 Å². The van der Waals surface area contributed by atoms with Crippen molar-refractivity contribution in [2.45, 2.75) is 38.7 Å². The number of hydrogen-bond donors (Lipinski definition) is 0. The fourth-order valence-electron chi connectivity index (χ4n) is 2.99. The maximum Gasteiger partial charge on any atom is 0.277 e. The molecule has 27 heavy (non-hydrogen) atoms. The van der Waals surface area contributed by atoms with Gasteiger partial charge in [0, 0.05) is 22.6 Å². The Morgan fingerprint density at radius 2 is 1.89 bits per heavy atom. The summed E-state index contributed by atoms with van der Waals surface area (Å²) in [6, 6.07) is 8.32. The van der Waals surface area contributed by atoms with Crippen molar-refractivity contribution in [2.75, 3.05) is 12.0 Å². The van der Waals surface area contributed by atoms with E-state index in [4.69, 9.17) is 4.42 Å².